The van der Waals surface area contributed by atoms with E-state index in [0.717, 1.165) is 5.56 Å². The first kappa shape index (κ1) is 17.2. The van der Waals surface area contributed by atoms with Gasteiger partial charge in [-0.1, -0.05) is 44.2 Å². The monoisotopic (exact) mass is 293 g/mol. The van der Waals surface area contributed by atoms with Crippen molar-refractivity contribution in [3.8, 4) is 0 Å². The standard InChI is InChI=1S/C16H23NO4/c1-12(2)11-21-15(19)10-17-16(20)14(18)9-8-13-6-4-3-5-7-13/h3-7,12,14,18H,8-11H2,1-2H3,(H,17,20)/t14-/m0/s1. The lowest BCUT2D eigenvalue weighted by Gasteiger charge is -2.12. The van der Waals surface area contributed by atoms with Gasteiger partial charge >= 0.3 is 5.97 Å². The fourth-order valence-electron chi connectivity index (χ4n) is 1.67. The number of carbonyl (C=O) groups excluding carboxylic acids is 2. The van der Waals surface area contributed by atoms with E-state index in [4.69, 9.17) is 4.74 Å². The molecular formula is C16H23NO4. The van der Waals surface area contributed by atoms with Crippen LogP contribution >= 0.6 is 0 Å². The minimum absolute atomic E-state index is 0.214. The van der Waals surface area contributed by atoms with Crippen LogP contribution in [0.3, 0.4) is 0 Å². The molecule has 0 spiro atoms. The number of benzene rings is 1. The van der Waals surface area contributed by atoms with Crippen molar-refractivity contribution >= 4 is 11.9 Å². The molecule has 1 amide bonds. The topological polar surface area (TPSA) is 75.6 Å². The third kappa shape index (κ3) is 7.46. The maximum atomic E-state index is 11.6. The van der Waals surface area contributed by atoms with Gasteiger partial charge in [0.2, 0.25) is 5.91 Å². The van der Waals surface area contributed by atoms with E-state index in [1.807, 2.05) is 44.2 Å². The predicted molar refractivity (Wildman–Crippen MR) is 79.6 cm³/mol. The van der Waals surface area contributed by atoms with Gasteiger partial charge in [0, 0.05) is 0 Å². The van der Waals surface area contributed by atoms with Gasteiger partial charge in [0.25, 0.3) is 0 Å². The Morgan fingerprint density at radius 3 is 2.52 bits per heavy atom. The average Bonchev–Trinajstić information content (AvgIpc) is 2.49. The summed E-state index contributed by atoms with van der Waals surface area (Å²) in [5, 5.41) is 12.1. The van der Waals surface area contributed by atoms with E-state index in [9.17, 15) is 14.7 Å². The molecule has 1 aromatic rings. The molecule has 0 aliphatic rings. The number of esters is 1. The highest BCUT2D eigenvalue weighted by molar-refractivity contribution is 5.84. The number of aliphatic hydroxyl groups excluding tert-OH is 1. The van der Waals surface area contributed by atoms with Crippen molar-refractivity contribution in [1.82, 2.24) is 5.32 Å². The fourth-order valence-corrected chi connectivity index (χ4v) is 1.67. The molecule has 0 aliphatic carbocycles. The molecule has 0 unspecified atom stereocenters. The first-order valence-electron chi connectivity index (χ1n) is 7.14. The van der Waals surface area contributed by atoms with Crippen molar-refractivity contribution in [2.45, 2.75) is 32.8 Å². The maximum absolute atomic E-state index is 11.6. The van der Waals surface area contributed by atoms with Crippen LogP contribution in [-0.2, 0) is 20.7 Å². The molecule has 0 bridgehead atoms. The highest BCUT2D eigenvalue weighted by Crippen LogP contribution is 2.05. The first-order chi connectivity index (χ1) is 9.99. The van der Waals surface area contributed by atoms with Crippen LogP contribution in [0.5, 0.6) is 0 Å². The molecule has 0 aromatic heterocycles. The van der Waals surface area contributed by atoms with Crippen LogP contribution in [0.4, 0.5) is 0 Å². The molecule has 0 aliphatic heterocycles. The van der Waals surface area contributed by atoms with E-state index in [-0.39, 0.29) is 12.5 Å². The van der Waals surface area contributed by atoms with Crippen LogP contribution in [-0.4, -0.2) is 36.2 Å². The van der Waals surface area contributed by atoms with E-state index in [0.29, 0.717) is 19.4 Å². The minimum Gasteiger partial charge on any atom is -0.464 e. The molecular weight excluding hydrogens is 270 g/mol. The Kier molecular flexibility index (Phi) is 7.46. The van der Waals surface area contributed by atoms with Crippen molar-refractivity contribution in [2.24, 2.45) is 5.92 Å². The number of carbonyl (C=O) groups is 2. The van der Waals surface area contributed by atoms with Crippen molar-refractivity contribution in [3.05, 3.63) is 35.9 Å². The molecule has 0 radical (unpaired) electrons. The van der Waals surface area contributed by atoms with Crippen LogP contribution in [0.15, 0.2) is 30.3 Å². The molecule has 1 atom stereocenters. The number of aryl methyl sites for hydroxylation is 1. The van der Waals surface area contributed by atoms with Gasteiger partial charge in [0.1, 0.15) is 12.6 Å². The largest absolute Gasteiger partial charge is 0.464 e. The normalized spacial score (nSPS) is 12.0. The molecule has 21 heavy (non-hydrogen) atoms. The average molecular weight is 293 g/mol. The van der Waals surface area contributed by atoms with E-state index in [1.54, 1.807) is 0 Å². The smallest absolute Gasteiger partial charge is 0.325 e. The summed E-state index contributed by atoms with van der Waals surface area (Å²) >= 11 is 0. The molecule has 2 N–H and O–H groups in total. The quantitative estimate of drug-likeness (QED) is 0.708. The van der Waals surface area contributed by atoms with Crippen LogP contribution in [0.2, 0.25) is 0 Å². The summed E-state index contributed by atoms with van der Waals surface area (Å²) in [6.07, 6.45) is -0.201. The molecule has 5 nitrogen and oxygen atoms in total. The van der Waals surface area contributed by atoms with E-state index < -0.39 is 18.0 Å². The third-order valence-electron chi connectivity index (χ3n) is 2.84. The number of hydrogen-bond donors (Lipinski definition) is 2. The number of rotatable bonds is 8. The van der Waals surface area contributed by atoms with Crippen LogP contribution in [0.25, 0.3) is 0 Å². The van der Waals surface area contributed by atoms with Crippen molar-refractivity contribution in [2.75, 3.05) is 13.2 Å². The van der Waals surface area contributed by atoms with Crippen molar-refractivity contribution in [1.29, 1.82) is 0 Å². The Balaban J connectivity index is 2.23. The van der Waals surface area contributed by atoms with Gasteiger partial charge in [0.15, 0.2) is 0 Å². The molecule has 0 saturated carbocycles. The number of nitrogens with one attached hydrogen (secondary N) is 1. The van der Waals surface area contributed by atoms with Crippen LogP contribution in [0, 0.1) is 5.92 Å². The van der Waals surface area contributed by atoms with Crippen molar-refractivity contribution in [3.63, 3.8) is 0 Å². The van der Waals surface area contributed by atoms with E-state index in [1.165, 1.54) is 0 Å². The second-order valence-corrected chi connectivity index (χ2v) is 5.33. The lowest BCUT2D eigenvalue weighted by atomic mass is 10.1. The lowest BCUT2D eigenvalue weighted by molar-refractivity contribution is -0.145. The van der Waals surface area contributed by atoms with Gasteiger partial charge in [-0.25, -0.2) is 0 Å². The van der Waals surface area contributed by atoms with Gasteiger partial charge in [-0.3, -0.25) is 9.59 Å². The summed E-state index contributed by atoms with van der Waals surface area (Å²) < 4.78 is 4.93. The molecule has 1 aromatic carbocycles. The summed E-state index contributed by atoms with van der Waals surface area (Å²) in [5.74, 6) is -0.791. The van der Waals surface area contributed by atoms with Gasteiger partial charge in [-0.15, -0.1) is 0 Å². The van der Waals surface area contributed by atoms with Crippen molar-refractivity contribution < 1.29 is 19.4 Å². The summed E-state index contributed by atoms with van der Waals surface area (Å²) in [4.78, 5) is 23.0. The van der Waals surface area contributed by atoms with E-state index >= 15 is 0 Å². The summed E-state index contributed by atoms with van der Waals surface area (Å²) in [5.41, 5.74) is 1.06. The second-order valence-electron chi connectivity index (χ2n) is 5.33. The number of hydrogen-bond acceptors (Lipinski definition) is 4. The first-order valence-corrected chi connectivity index (χ1v) is 7.14. The Labute approximate surface area is 125 Å². The second kappa shape index (κ2) is 9.13. The van der Waals surface area contributed by atoms with Crippen LogP contribution < -0.4 is 5.32 Å². The van der Waals surface area contributed by atoms with Gasteiger partial charge in [-0.2, -0.15) is 0 Å². The number of ether oxygens (including phenoxy) is 1. The highest BCUT2D eigenvalue weighted by Gasteiger charge is 2.16. The zero-order valence-corrected chi connectivity index (χ0v) is 12.5. The maximum Gasteiger partial charge on any atom is 0.325 e. The van der Waals surface area contributed by atoms with Gasteiger partial charge < -0.3 is 15.2 Å². The predicted octanol–water partition coefficient (Wildman–Crippen LogP) is 1.30. The fraction of sp³-hybridized carbons (Fsp3) is 0.500. The molecule has 0 saturated heterocycles. The molecule has 0 fully saturated rings. The van der Waals surface area contributed by atoms with E-state index in [2.05, 4.69) is 5.32 Å². The molecule has 1 rings (SSSR count). The summed E-state index contributed by atoms with van der Waals surface area (Å²) in [7, 11) is 0. The lowest BCUT2D eigenvalue weighted by Crippen LogP contribution is -2.38. The van der Waals surface area contributed by atoms with Gasteiger partial charge in [0.05, 0.1) is 6.61 Å². The molecule has 5 heteroatoms. The summed E-state index contributed by atoms with van der Waals surface area (Å²) in [6, 6.07) is 9.61. The highest BCUT2D eigenvalue weighted by atomic mass is 16.5. The Bertz CT molecular complexity index is 445. The Hall–Kier alpha value is -1.88. The number of aliphatic hydroxyl groups is 1. The number of amides is 1. The summed E-state index contributed by atoms with van der Waals surface area (Å²) in [6.45, 7) is 3.97. The Morgan fingerprint density at radius 2 is 1.90 bits per heavy atom. The zero-order valence-electron chi connectivity index (χ0n) is 12.5. The molecule has 116 valence electrons. The molecule has 0 heterocycles. The Morgan fingerprint density at radius 1 is 1.24 bits per heavy atom. The third-order valence-corrected chi connectivity index (χ3v) is 2.84. The zero-order chi connectivity index (χ0) is 15.7. The van der Waals surface area contributed by atoms with Crippen LogP contribution in [0.1, 0.15) is 25.8 Å². The minimum atomic E-state index is -1.12. The SMILES string of the molecule is CC(C)COC(=O)CNC(=O)[C@@H](O)CCc1ccccc1. The van der Waals surface area contributed by atoms with Gasteiger partial charge in [-0.05, 0) is 24.3 Å².